The van der Waals surface area contributed by atoms with Gasteiger partial charge in [-0.1, -0.05) is 67.9 Å². The SMILES string of the molecule is CCCCc1cccc(=O)n1Cc1ccc(-c2ccccc2-c2nn[nH]n2)cc1.[K].[K]. The molecule has 6 nitrogen and oxygen atoms in total. The van der Waals surface area contributed by atoms with E-state index in [-0.39, 0.29) is 108 Å². The summed E-state index contributed by atoms with van der Waals surface area (Å²) in [5.74, 6) is 0.570. The van der Waals surface area contributed by atoms with Crippen molar-refractivity contribution in [1.29, 1.82) is 0 Å². The van der Waals surface area contributed by atoms with Crippen molar-refractivity contribution in [3.8, 4) is 22.5 Å². The molecule has 2 aromatic carbocycles. The van der Waals surface area contributed by atoms with Gasteiger partial charge in [0.25, 0.3) is 5.56 Å². The molecule has 8 heteroatoms. The summed E-state index contributed by atoms with van der Waals surface area (Å²) >= 11 is 0. The molecule has 4 aromatic rings. The van der Waals surface area contributed by atoms with Gasteiger partial charge in [-0.05, 0) is 40.8 Å². The van der Waals surface area contributed by atoms with Gasteiger partial charge in [-0.3, -0.25) is 4.79 Å². The predicted octanol–water partition coefficient (Wildman–Crippen LogP) is 3.32. The number of nitrogens with zero attached hydrogens (tertiary/aromatic N) is 4. The molecular weight excluding hydrogens is 440 g/mol. The number of aryl methyl sites for hydroxylation is 1. The number of aromatic nitrogens is 5. The van der Waals surface area contributed by atoms with Crippen LogP contribution < -0.4 is 5.56 Å². The Hall–Kier alpha value is -0.267. The smallest absolute Gasteiger partial charge is 0.251 e. The van der Waals surface area contributed by atoms with Gasteiger partial charge in [0.15, 0.2) is 0 Å². The zero-order valence-electron chi connectivity index (χ0n) is 18.4. The van der Waals surface area contributed by atoms with Gasteiger partial charge in [0.1, 0.15) is 0 Å². The van der Waals surface area contributed by atoms with Crippen molar-refractivity contribution in [3.63, 3.8) is 0 Å². The molecule has 2 heterocycles. The molecule has 0 spiro atoms. The molecule has 0 atom stereocenters. The number of tetrazole rings is 1. The van der Waals surface area contributed by atoms with E-state index in [9.17, 15) is 4.79 Å². The van der Waals surface area contributed by atoms with Crippen LogP contribution in [0.3, 0.4) is 0 Å². The van der Waals surface area contributed by atoms with E-state index >= 15 is 0 Å². The fourth-order valence-corrected chi connectivity index (χ4v) is 3.50. The number of unbranched alkanes of at least 4 members (excludes halogenated alkanes) is 1. The molecule has 2 aromatic heterocycles. The summed E-state index contributed by atoms with van der Waals surface area (Å²) in [5.41, 5.74) is 5.27. The van der Waals surface area contributed by atoms with Crippen LogP contribution in [0.4, 0.5) is 0 Å². The molecule has 0 aliphatic heterocycles. The van der Waals surface area contributed by atoms with E-state index in [0.717, 1.165) is 47.2 Å². The van der Waals surface area contributed by atoms with Gasteiger partial charge in [0.2, 0.25) is 5.82 Å². The normalized spacial score (nSPS) is 10.2. The minimum atomic E-state index is 0. The zero-order valence-corrected chi connectivity index (χ0v) is 24.6. The van der Waals surface area contributed by atoms with Crippen LogP contribution in [0.1, 0.15) is 31.0 Å². The Labute approximate surface area is 267 Å². The standard InChI is InChI=1S/C23H23N5O.2K/c1-2-3-7-19-8-6-11-22(29)28(19)16-17-12-14-18(15-13-17)20-9-4-5-10-21(20)23-24-26-27-25-23;;/h4-6,8-15H,2-3,7,16H2,1H3,(H,24,25,26,27);;. The van der Waals surface area contributed by atoms with Gasteiger partial charge in [-0.25, -0.2) is 0 Å². The van der Waals surface area contributed by atoms with E-state index in [1.807, 2.05) is 41.0 Å². The Balaban J connectivity index is 0.00000171. The molecule has 0 bridgehead atoms. The molecule has 0 aliphatic rings. The van der Waals surface area contributed by atoms with Crippen LogP contribution in [0, 0.1) is 0 Å². The fourth-order valence-electron chi connectivity index (χ4n) is 3.50. The van der Waals surface area contributed by atoms with Crippen molar-refractivity contribution in [2.24, 2.45) is 0 Å². The van der Waals surface area contributed by atoms with E-state index in [4.69, 9.17) is 0 Å². The quantitative estimate of drug-likeness (QED) is 0.427. The molecule has 0 saturated heterocycles. The van der Waals surface area contributed by atoms with E-state index in [0.29, 0.717) is 12.4 Å². The molecule has 0 saturated carbocycles. The first-order valence-electron chi connectivity index (χ1n) is 9.87. The van der Waals surface area contributed by atoms with Crippen LogP contribution in [0.5, 0.6) is 0 Å². The van der Waals surface area contributed by atoms with Crippen LogP contribution in [-0.2, 0) is 13.0 Å². The van der Waals surface area contributed by atoms with Crippen LogP contribution in [-0.4, -0.2) is 128 Å². The van der Waals surface area contributed by atoms with E-state index < -0.39 is 0 Å². The van der Waals surface area contributed by atoms with Crippen LogP contribution in [0.25, 0.3) is 22.5 Å². The Morgan fingerprint density at radius 1 is 0.903 bits per heavy atom. The summed E-state index contributed by atoms with van der Waals surface area (Å²) in [6.45, 7) is 2.74. The van der Waals surface area contributed by atoms with Crippen molar-refractivity contribution in [2.45, 2.75) is 32.7 Å². The van der Waals surface area contributed by atoms with Gasteiger partial charge in [0.05, 0.1) is 6.54 Å². The second-order valence-electron chi connectivity index (χ2n) is 7.02. The Bertz CT molecular complexity index is 1140. The second kappa shape index (κ2) is 13.4. The summed E-state index contributed by atoms with van der Waals surface area (Å²) in [4.78, 5) is 12.4. The summed E-state index contributed by atoms with van der Waals surface area (Å²) in [5, 5.41) is 14.4. The zero-order chi connectivity index (χ0) is 20.1. The third-order valence-corrected chi connectivity index (χ3v) is 5.05. The molecule has 148 valence electrons. The summed E-state index contributed by atoms with van der Waals surface area (Å²) in [6.07, 6.45) is 3.11. The molecule has 0 aliphatic carbocycles. The summed E-state index contributed by atoms with van der Waals surface area (Å²) < 4.78 is 1.87. The first-order valence-corrected chi connectivity index (χ1v) is 9.87. The van der Waals surface area contributed by atoms with Crippen molar-refractivity contribution in [1.82, 2.24) is 25.2 Å². The number of hydrogen-bond acceptors (Lipinski definition) is 4. The van der Waals surface area contributed by atoms with Crippen molar-refractivity contribution in [2.75, 3.05) is 0 Å². The first kappa shape index (κ1) is 27.0. The number of pyridine rings is 1. The Morgan fingerprint density at radius 3 is 2.32 bits per heavy atom. The van der Waals surface area contributed by atoms with Crippen LogP contribution >= 0.6 is 0 Å². The molecule has 31 heavy (non-hydrogen) atoms. The maximum atomic E-state index is 12.4. The van der Waals surface area contributed by atoms with E-state index in [2.05, 4.69) is 51.8 Å². The fraction of sp³-hybridized carbons (Fsp3) is 0.217. The molecule has 0 amide bonds. The Kier molecular flexibility index (Phi) is 11.7. The van der Waals surface area contributed by atoms with E-state index in [1.54, 1.807) is 6.07 Å². The first-order chi connectivity index (χ1) is 14.3. The number of nitrogens with one attached hydrogen (secondary N) is 1. The van der Waals surface area contributed by atoms with Crippen molar-refractivity contribution < 1.29 is 0 Å². The molecule has 1 N–H and O–H groups in total. The molecule has 4 rings (SSSR count). The van der Waals surface area contributed by atoms with Crippen LogP contribution in [0.2, 0.25) is 0 Å². The summed E-state index contributed by atoms with van der Waals surface area (Å²) in [7, 11) is 0. The minimum Gasteiger partial charge on any atom is -0.308 e. The van der Waals surface area contributed by atoms with Gasteiger partial charge in [-0.15, -0.1) is 10.2 Å². The van der Waals surface area contributed by atoms with Gasteiger partial charge in [0, 0.05) is 120 Å². The van der Waals surface area contributed by atoms with Crippen molar-refractivity contribution >= 4 is 103 Å². The molecule has 0 unspecified atom stereocenters. The van der Waals surface area contributed by atoms with Crippen molar-refractivity contribution in [3.05, 3.63) is 88.3 Å². The third kappa shape index (κ3) is 6.86. The van der Waals surface area contributed by atoms with Crippen LogP contribution in [0.15, 0.2) is 71.5 Å². The van der Waals surface area contributed by atoms with Gasteiger partial charge >= 0.3 is 0 Å². The third-order valence-electron chi connectivity index (χ3n) is 5.05. The Morgan fingerprint density at radius 2 is 1.65 bits per heavy atom. The number of hydrogen-bond donors (Lipinski definition) is 1. The molecular formula is C23H23K2N5O. The maximum absolute atomic E-state index is 12.4. The molecule has 2 radical (unpaired) electrons. The maximum Gasteiger partial charge on any atom is 0.251 e. The van der Waals surface area contributed by atoms with E-state index in [1.165, 1.54) is 0 Å². The van der Waals surface area contributed by atoms with Gasteiger partial charge < -0.3 is 4.57 Å². The predicted molar refractivity (Wildman–Crippen MR) is 125 cm³/mol. The number of rotatable bonds is 7. The van der Waals surface area contributed by atoms with Gasteiger partial charge in [-0.2, -0.15) is 5.21 Å². The largest absolute Gasteiger partial charge is 0.308 e. The topological polar surface area (TPSA) is 76.5 Å². The monoisotopic (exact) mass is 463 g/mol. The summed E-state index contributed by atoms with van der Waals surface area (Å²) in [6, 6.07) is 21.8. The number of aromatic amines is 1. The number of H-pyrrole nitrogens is 1. The minimum absolute atomic E-state index is 0. The average molecular weight is 464 g/mol. The second-order valence-corrected chi connectivity index (χ2v) is 7.02. The number of benzene rings is 2. The molecule has 0 fully saturated rings. The average Bonchev–Trinajstić information content (AvgIpc) is 3.29.